The standard InChI is InChI=1S/C15H20N4O3S/c1-10-3-6-14(11(2)7-10)23(20,21)18-8-12-4-5-13(22-12)15-16-9-17-19-15/h3,6-7,9,12-13,18H,4-5,8H2,1-2H3,(H,16,17,19)/t12-,13+/m1/s1. The molecule has 0 radical (unpaired) electrons. The summed E-state index contributed by atoms with van der Waals surface area (Å²) in [7, 11) is -3.53. The molecular formula is C15H20N4O3S. The Kier molecular flexibility index (Phi) is 4.47. The van der Waals surface area contributed by atoms with Crippen molar-refractivity contribution in [1.82, 2.24) is 19.9 Å². The molecule has 2 atom stereocenters. The number of nitrogens with zero attached hydrogens (tertiary/aromatic N) is 2. The lowest BCUT2D eigenvalue weighted by molar-refractivity contribution is 0.0430. The van der Waals surface area contributed by atoms with Gasteiger partial charge in [-0.1, -0.05) is 17.7 Å². The molecule has 7 nitrogen and oxygen atoms in total. The van der Waals surface area contributed by atoms with Gasteiger partial charge in [-0.15, -0.1) is 0 Å². The summed E-state index contributed by atoms with van der Waals surface area (Å²) in [5, 5.41) is 6.59. The van der Waals surface area contributed by atoms with Gasteiger partial charge in [0.25, 0.3) is 0 Å². The van der Waals surface area contributed by atoms with Crippen LogP contribution in [0, 0.1) is 13.8 Å². The molecular weight excluding hydrogens is 316 g/mol. The maximum atomic E-state index is 12.4. The lowest BCUT2D eigenvalue weighted by Gasteiger charge is -2.14. The molecule has 23 heavy (non-hydrogen) atoms. The predicted molar refractivity (Wildman–Crippen MR) is 84.3 cm³/mol. The van der Waals surface area contributed by atoms with Crippen molar-refractivity contribution >= 4 is 10.0 Å². The summed E-state index contributed by atoms with van der Waals surface area (Å²) < 4.78 is 33.3. The van der Waals surface area contributed by atoms with Crippen LogP contribution in [0.5, 0.6) is 0 Å². The highest BCUT2D eigenvalue weighted by Crippen LogP contribution is 2.30. The molecule has 1 aliphatic heterocycles. The molecule has 0 unspecified atom stereocenters. The number of aromatic nitrogens is 3. The summed E-state index contributed by atoms with van der Waals surface area (Å²) in [6.45, 7) is 3.99. The second kappa shape index (κ2) is 6.38. The number of hydrogen-bond acceptors (Lipinski definition) is 5. The van der Waals surface area contributed by atoms with E-state index in [2.05, 4.69) is 19.9 Å². The van der Waals surface area contributed by atoms with E-state index in [0.29, 0.717) is 10.7 Å². The van der Waals surface area contributed by atoms with Gasteiger partial charge in [-0.3, -0.25) is 5.10 Å². The number of hydrogen-bond donors (Lipinski definition) is 2. The van der Waals surface area contributed by atoms with Crippen molar-refractivity contribution in [2.45, 2.75) is 43.8 Å². The van der Waals surface area contributed by atoms with E-state index < -0.39 is 10.0 Å². The van der Waals surface area contributed by atoms with E-state index in [1.54, 1.807) is 19.1 Å². The summed E-state index contributed by atoms with van der Waals surface area (Å²) in [6, 6.07) is 5.30. The van der Waals surface area contributed by atoms with Crippen LogP contribution in [0.1, 0.15) is 35.9 Å². The van der Waals surface area contributed by atoms with Crippen molar-refractivity contribution in [3.63, 3.8) is 0 Å². The van der Waals surface area contributed by atoms with Crippen LogP contribution in [0.25, 0.3) is 0 Å². The van der Waals surface area contributed by atoms with E-state index in [0.717, 1.165) is 24.0 Å². The molecule has 1 aromatic carbocycles. The second-order valence-corrected chi connectivity index (χ2v) is 7.55. The maximum absolute atomic E-state index is 12.4. The number of nitrogens with one attached hydrogen (secondary N) is 2. The van der Waals surface area contributed by atoms with Crippen LogP contribution in [0.3, 0.4) is 0 Å². The molecule has 2 heterocycles. The van der Waals surface area contributed by atoms with Gasteiger partial charge in [0.1, 0.15) is 12.4 Å². The highest BCUT2D eigenvalue weighted by molar-refractivity contribution is 7.89. The molecule has 0 aliphatic carbocycles. The fourth-order valence-corrected chi connectivity index (χ4v) is 4.10. The Morgan fingerprint density at radius 1 is 1.35 bits per heavy atom. The van der Waals surface area contributed by atoms with Crippen molar-refractivity contribution in [3.05, 3.63) is 41.5 Å². The minimum Gasteiger partial charge on any atom is -0.366 e. The van der Waals surface area contributed by atoms with Crippen LogP contribution in [0.4, 0.5) is 0 Å². The molecule has 0 spiro atoms. The van der Waals surface area contributed by atoms with Crippen LogP contribution in [0.15, 0.2) is 29.4 Å². The Morgan fingerprint density at radius 2 is 2.17 bits per heavy atom. The van der Waals surface area contributed by atoms with E-state index in [9.17, 15) is 8.42 Å². The van der Waals surface area contributed by atoms with Crippen molar-refractivity contribution in [1.29, 1.82) is 0 Å². The van der Waals surface area contributed by atoms with Crippen LogP contribution >= 0.6 is 0 Å². The summed E-state index contributed by atoms with van der Waals surface area (Å²) in [6.07, 6.45) is 2.71. The average molecular weight is 336 g/mol. The topological polar surface area (TPSA) is 97.0 Å². The number of H-pyrrole nitrogens is 1. The largest absolute Gasteiger partial charge is 0.366 e. The zero-order valence-corrected chi connectivity index (χ0v) is 13.9. The Hall–Kier alpha value is -1.77. The van der Waals surface area contributed by atoms with Gasteiger partial charge in [0.15, 0.2) is 5.82 Å². The van der Waals surface area contributed by atoms with Crippen molar-refractivity contribution in [2.24, 2.45) is 0 Å². The lowest BCUT2D eigenvalue weighted by Crippen LogP contribution is -2.32. The van der Waals surface area contributed by atoms with Crippen molar-refractivity contribution in [2.75, 3.05) is 6.54 Å². The fourth-order valence-electron chi connectivity index (χ4n) is 2.81. The van der Waals surface area contributed by atoms with E-state index in [1.165, 1.54) is 6.33 Å². The van der Waals surface area contributed by atoms with E-state index >= 15 is 0 Å². The maximum Gasteiger partial charge on any atom is 0.240 e. The predicted octanol–water partition coefficient (Wildman–Crippen LogP) is 1.62. The quantitative estimate of drug-likeness (QED) is 0.865. The molecule has 3 rings (SSSR count). The molecule has 1 aromatic heterocycles. The SMILES string of the molecule is Cc1ccc(S(=O)(=O)NC[C@H]2CC[C@@H](c3ncn[nH]3)O2)c(C)c1. The number of benzene rings is 1. The number of rotatable bonds is 5. The lowest BCUT2D eigenvalue weighted by atomic mass is 10.2. The molecule has 1 fully saturated rings. The molecule has 0 bridgehead atoms. The molecule has 0 amide bonds. The third-order valence-electron chi connectivity index (χ3n) is 3.97. The fraction of sp³-hybridized carbons (Fsp3) is 0.467. The summed E-state index contributed by atoms with van der Waals surface area (Å²) in [4.78, 5) is 4.39. The van der Waals surface area contributed by atoms with Crippen LogP contribution in [-0.2, 0) is 14.8 Å². The van der Waals surface area contributed by atoms with Crippen molar-refractivity contribution in [3.8, 4) is 0 Å². The minimum absolute atomic E-state index is 0.145. The number of aryl methyl sites for hydroxylation is 2. The van der Waals surface area contributed by atoms with E-state index in [4.69, 9.17) is 4.74 Å². The van der Waals surface area contributed by atoms with Gasteiger partial charge >= 0.3 is 0 Å². The Labute approximate surface area is 135 Å². The molecule has 2 aromatic rings. The number of sulfonamides is 1. The monoisotopic (exact) mass is 336 g/mol. The first-order valence-electron chi connectivity index (χ1n) is 7.53. The molecule has 2 N–H and O–H groups in total. The average Bonchev–Trinajstić information content (AvgIpc) is 3.16. The Morgan fingerprint density at radius 3 is 2.87 bits per heavy atom. The first-order valence-corrected chi connectivity index (χ1v) is 9.01. The normalized spacial score (nSPS) is 21.7. The second-order valence-electron chi connectivity index (χ2n) is 5.82. The van der Waals surface area contributed by atoms with Gasteiger partial charge in [-0.25, -0.2) is 18.1 Å². The Bertz CT molecular complexity index is 774. The van der Waals surface area contributed by atoms with Gasteiger partial charge in [0.2, 0.25) is 10.0 Å². The third-order valence-corrected chi connectivity index (χ3v) is 5.55. The van der Waals surface area contributed by atoms with Gasteiger partial charge in [-0.2, -0.15) is 5.10 Å². The zero-order chi connectivity index (χ0) is 16.4. The minimum atomic E-state index is -3.53. The number of ether oxygens (including phenoxy) is 1. The highest BCUT2D eigenvalue weighted by atomic mass is 32.2. The van der Waals surface area contributed by atoms with Crippen LogP contribution in [0.2, 0.25) is 0 Å². The first-order chi connectivity index (χ1) is 11.0. The molecule has 124 valence electrons. The van der Waals surface area contributed by atoms with Gasteiger partial charge in [0, 0.05) is 6.54 Å². The summed E-state index contributed by atoms with van der Waals surface area (Å²) in [5.41, 5.74) is 1.78. The van der Waals surface area contributed by atoms with Gasteiger partial charge in [0.05, 0.1) is 11.0 Å². The highest BCUT2D eigenvalue weighted by Gasteiger charge is 2.29. The van der Waals surface area contributed by atoms with E-state index in [1.807, 2.05) is 13.0 Å². The molecule has 0 saturated carbocycles. The zero-order valence-electron chi connectivity index (χ0n) is 13.1. The van der Waals surface area contributed by atoms with E-state index in [-0.39, 0.29) is 18.8 Å². The van der Waals surface area contributed by atoms with Crippen molar-refractivity contribution < 1.29 is 13.2 Å². The van der Waals surface area contributed by atoms with Crippen LogP contribution < -0.4 is 4.72 Å². The summed E-state index contributed by atoms with van der Waals surface area (Å²) >= 11 is 0. The Balaban J connectivity index is 1.62. The molecule has 8 heteroatoms. The molecule has 1 saturated heterocycles. The van der Waals surface area contributed by atoms with Gasteiger partial charge in [-0.05, 0) is 38.3 Å². The first kappa shape index (κ1) is 16.1. The molecule has 1 aliphatic rings. The smallest absolute Gasteiger partial charge is 0.240 e. The van der Waals surface area contributed by atoms with Crippen LogP contribution in [-0.4, -0.2) is 36.2 Å². The van der Waals surface area contributed by atoms with Gasteiger partial charge < -0.3 is 4.74 Å². The summed E-state index contributed by atoms with van der Waals surface area (Å²) in [5.74, 6) is 0.685. The third kappa shape index (κ3) is 3.60. The number of aromatic amines is 1.